The van der Waals surface area contributed by atoms with Gasteiger partial charge in [0.2, 0.25) is 5.91 Å². The summed E-state index contributed by atoms with van der Waals surface area (Å²) >= 11 is 0. The first-order valence-electron chi connectivity index (χ1n) is 10.4. The first kappa shape index (κ1) is 20.9. The maximum atomic E-state index is 12.5. The highest BCUT2D eigenvalue weighted by atomic mass is 16.2. The van der Waals surface area contributed by atoms with Crippen LogP contribution in [0.4, 0.5) is 10.5 Å². The van der Waals surface area contributed by atoms with Crippen LogP contribution in [0, 0.1) is 26.7 Å². The van der Waals surface area contributed by atoms with Crippen LogP contribution in [0.1, 0.15) is 41.5 Å². The molecule has 5 heteroatoms. The number of piperidine rings is 1. The van der Waals surface area contributed by atoms with Gasteiger partial charge in [0.1, 0.15) is 0 Å². The van der Waals surface area contributed by atoms with Crippen LogP contribution in [0.15, 0.2) is 42.5 Å². The van der Waals surface area contributed by atoms with Crippen molar-refractivity contribution in [3.05, 3.63) is 64.7 Å². The van der Waals surface area contributed by atoms with Gasteiger partial charge in [-0.25, -0.2) is 4.79 Å². The molecule has 0 spiro atoms. The SMILES string of the molecule is Cc1ccc(CNC(=O)CC2CCN(C(=O)Nc3ccc(C)c(C)c3)CC2)cc1. The Balaban J connectivity index is 1.40. The zero-order valence-electron chi connectivity index (χ0n) is 17.6. The summed E-state index contributed by atoms with van der Waals surface area (Å²) in [6.45, 7) is 8.09. The van der Waals surface area contributed by atoms with Crippen molar-refractivity contribution in [1.29, 1.82) is 0 Å². The molecule has 1 aliphatic rings. The number of urea groups is 1. The summed E-state index contributed by atoms with van der Waals surface area (Å²) in [5, 5.41) is 6.00. The number of carbonyl (C=O) groups excluding carboxylic acids is 2. The van der Waals surface area contributed by atoms with Crippen molar-refractivity contribution in [2.45, 2.75) is 46.6 Å². The Hall–Kier alpha value is -2.82. The fourth-order valence-electron chi connectivity index (χ4n) is 3.60. The molecule has 0 radical (unpaired) electrons. The Labute approximate surface area is 173 Å². The van der Waals surface area contributed by atoms with Gasteiger partial charge in [0.15, 0.2) is 0 Å². The van der Waals surface area contributed by atoms with Crippen LogP contribution < -0.4 is 10.6 Å². The van der Waals surface area contributed by atoms with E-state index in [-0.39, 0.29) is 11.9 Å². The summed E-state index contributed by atoms with van der Waals surface area (Å²) in [5.74, 6) is 0.419. The molecule has 3 amide bonds. The number of aryl methyl sites for hydroxylation is 3. The van der Waals surface area contributed by atoms with Crippen LogP contribution in [0.25, 0.3) is 0 Å². The smallest absolute Gasteiger partial charge is 0.321 e. The minimum Gasteiger partial charge on any atom is -0.352 e. The van der Waals surface area contributed by atoms with Gasteiger partial charge < -0.3 is 15.5 Å². The molecule has 0 bridgehead atoms. The molecule has 0 unspecified atom stereocenters. The molecule has 1 fully saturated rings. The highest BCUT2D eigenvalue weighted by Gasteiger charge is 2.24. The summed E-state index contributed by atoms with van der Waals surface area (Å²) in [6.07, 6.45) is 2.25. The molecule has 2 aromatic carbocycles. The third kappa shape index (κ3) is 6.08. The van der Waals surface area contributed by atoms with Crippen LogP contribution in [0.5, 0.6) is 0 Å². The molecule has 1 aliphatic heterocycles. The molecule has 3 rings (SSSR count). The third-order valence-corrected chi connectivity index (χ3v) is 5.74. The van der Waals surface area contributed by atoms with Crippen LogP contribution in [-0.4, -0.2) is 29.9 Å². The average Bonchev–Trinajstić information content (AvgIpc) is 2.71. The van der Waals surface area contributed by atoms with E-state index in [0.717, 1.165) is 29.7 Å². The topological polar surface area (TPSA) is 61.4 Å². The molecule has 2 aromatic rings. The van der Waals surface area contributed by atoms with E-state index >= 15 is 0 Å². The van der Waals surface area contributed by atoms with Crippen molar-refractivity contribution in [2.75, 3.05) is 18.4 Å². The number of carbonyl (C=O) groups is 2. The van der Waals surface area contributed by atoms with E-state index in [1.54, 1.807) is 0 Å². The van der Waals surface area contributed by atoms with Gasteiger partial charge in [-0.3, -0.25) is 4.79 Å². The predicted molar refractivity (Wildman–Crippen MR) is 117 cm³/mol. The maximum Gasteiger partial charge on any atom is 0.321 e. The van der Waals surface area contributed by atoms with Gasteiger partial charge in [0.25, 0.3) is 0 Å². The Bertz CT molecular complexity index is 853. The average molecular weight is 394 g/mol. The van der Waals surface area contributed by atoms with Gasteiger partial charge in [-0.05, 0) is 68.4 Å². The number of rotatable bonds is 5. The third-order valence-electron chi connectivity index (χ3n) is 5.74. The number of anilines is 1. The lowest BCUT2D eigenvalue weighted by Gasteiger charge is -2.31. The second kappa shape index (κ2) is 9.59. The molecule has 2 N–H and O–H groups in total. The van der Waals surface area contributed by atoms with E-state index in [4.69, 9.17) is 0 Å². The Morgan fingerprint density at radius 3 is 2.31 bits per heavy atom. The van der Waals surface area contributed by atoms with Crippen molar-refractivity contribution in [3.8, 4) is 0 Å². The van der Waals surface area contributed by atoms with Crippen molar-refractivity contribution in [2.24, 2.45) is 5.92 Å². The maximum absolute atomic E-state index is 12.5. The molecular weight excluding hydrogens is 362 g/mol. The molecule has 1 heterocycles. The van der Waals surface area contributed by atoms with Gasteiger partial charge in [-0.1, -0.05) is 35.9 Å². The number of hydrogen-bond acceptors (Lipinski definition) is 2. The minimum atomic E-state index is -0.0597. The number of benzene rings is 2. The second-order valence-corrected chi connectivity index (χ2v) is 8.13. The van der Waals surface area contributed by atoms with Crippen molar-refractivity contribution < 1.29 is 9.59 Å². The van der Waals surface area contributed by atoms with Crippen LogP contribution in [0.3, 0.4) is 0 Å². The second-order valence-electron chi connectivity index (χ2n) is 8.13. The van der Waals surface area contributed by atoms with Crippen molar-refractivity contribution in [3.63, 3.8) is 0 Å². The fraction of sp³-hybridized carbons (Fsp3) is 0.417. The number of hydrogen-bond donors (Lipinski definition) is 2. The van der Waals surface area contributed by atoms with E-state index in [1.165, 1.54) is 11.1 Å². The van der Waals surface area contributed by atoms with Gasteiger partial charge >= 0.3 is 6.03 Å². The summed E-state index contributed by atoms with van der Waals surface area (Å²) in [5.41, 5.74) is 5.54. The quantitative estimate of drug-likeness (QED) is 0.782. The zero-order chi connectivity index (χ0) is 20.8. The largest absolute Gasteiger partial charge is 0.352 e. The van der Waals surface area contributed by atoms with Gasteiger partial charge in [-0.15, -0.1) is 0 Å². The molecular formula is C24H31N3O2. The Kier molecular flexibility index (Phi) is 6.91. The van der Waals surface area contributed by atoms with Crippen LogP contribution in [-0.2, 0) is 11.3 Å². The first-order valence-corrected chi connectivity index (χ1v) is 10.4. The molecule has 0 aliphatic carbocycles. The molecule has 29 heavy (non-hydrogen) atoms. The highest BCUT2D eigenvalue weighted by molar-refractivity contribution is 5.89. The van der Waals surface area contributed by atoms with Gasteiger partial charge in [-0.2, -0.15) is 0 Å². The van der Waals surface area contributed by atoms with E-state index in [9.17, 15) is 9.59 Å². The standard InChI is InChI=1S/C24H31N3O2/c1-17-4-7-21(8-5-17)16-25-23(28)15-20-10-12-27(13-11-20)24(29)26-22-9-6-18(2)19(3)14-22/h4-9,14,20H,10-13,15-16H2,1-3H3,(H,25,28)(H,26,29). The van der Waals surface area contributed by atoms with Crippen LogP contribution in [0.2, 0.25) is 0 Å². The molecule has 0 saturated carbocycles. The summed E-state index contributed by atoms with van der Waals surface area (Å²) < 4.78 is 0. The van der Waals surface area contributed by atoms with Crippen LogP contribution >= 0.6 is 0 Å². The lowest BCUT2D eigenvalue weighted by atomic mass is 9.93. The molecule has 5 nitrogen and oxygen atoms in total. The summed E-state index contributed by atoms with van der Waals surface area (Å²) in [4.78, 5) is 26.6. The van der Waals surface area contributed by atoms with Crippen molar-refractivity contribution >= 4 is 17.6 Å². The van der Waals surface area contributed by atoms with E-state index in [2.05, 4.69) is 36.6 Å². The van der Waals surface area contributed by atoms with Gasteiger partial charge in [0, 0.05) is 31.7 Å². The lowest BCUT2D eigenvalue weighted by molar-refractivity contribution is -0.122. The Morgan fingerprint density at radius 2 is 1.66 bits per heavy atom. The number of nitrogens with zero attached hydrogens (tertiary/aromatic N) is 1. The highest BCUT2D eigenvalue weighted by Crippen LogP contribution is 2.22. The summed E-state index contributed by atoms with van der Waals surface area (Å²) in [6, 6.07) is 14.1. The minimum absolute atomic E-state index is 0.0597. The van der Waals surface area contributed by atoms with E-state index < -0.39 is 0 Å². The van der Waals surface area contributed by atoms with E-state index in [1.807, 2.05) is 42.2 Å². The normalized spacial score (nSPS) is 14.5. The molecule has 154 valence electrons. The number of likely N-dealkylation sites (tertiary alicyclic amines) is 1. The fourth-order valence-corrected chi connectivity index (χ4v) is 3.60. The molecule has 1 saturated heterocycles. The predicted octanol–water partition coefficient (Wildman–Crippen LogP) is 4.56. The number of nitrogens with one attached hydrogen (secondary N) is 2. The van der Waals surface area contributed by atoms with Crippen molar-refractivity contribution in [1.82, 2.24) is 10.2 Å². The Morgan fingerprint density at radius 1 is 0.966 bits per heavy atom. The number of amides is 3. The monoisotopic (exact) mass is 393 g/mol. The molecule has 0 atom stereocenters. The summed E-state index contributed by atoms with van der Waals surface area (Å²) in [7, 11) is 0. The lowest BCUT2D eigenvalue weighted by Crippen LogP contribution is -2.41. The molecule has 0 aromatic heterocycles. The first-order chi connectivity index (χ1) is 13.9. The van der Waals surface area contributed by atoms with E-state index in [0.29, 0.717) is 32.0 Å². The van der Waals surface area contributed by atoms with Gasteiger partial charge in [0.05, 0.1) is 0 Å². The zero-order valence-corrected chi connectivity index (χ0v) is 17.6.